The Hall–Kier alpha value is -5.04. The molecule has 0 bridgehead atoms. The fraction of sp³-hybridized carbons (Fsp3) is 0.143. The fourth-order valence-electron chi connectivity index (χ4n) is 4.98. The number of benzene rings is 2. The van der Waals surface area contributed by atoms with Crippen LogP contribution in [0.3, 0.4) is 0 Å². The van der Waals surface area contributed by atoms with Crippen LogP contribution in [0.15, 0.2) is 59.8 Å². The van der Waals surface area contributed by atoms with Crippen molar-refractivity contribution >= 4 is 28.3 Å². The molecule has 0 saturated carbocycles. The van der Waals surface area contributed by atoms with Crippen LogP contribution in [-0.4, -0.2) is 37.0 Å². The number of amides is 1. The monoisotopic (exact) mass is 564 g/mol. The molecule has 1 aliphatic rings. The minimum Gasteiger partial charge on any atom is -0.381 e. The van der Waals surface area contributed by atoms with Gasteiger partial charge in [0.25, 0.3) is 11.5 Å². The topological polar surface area (TPSA) is 127 Å². The lowest BCUT2D eigenvalue weighted by Gasteiger charge is -2.20. The number of anilines is 2. The second-order valence-corrected chi connectivity index (χ2v) is 9.59. The number of aromatic nitrogens is 4. The second kappa shape index (κ2) is 9.86. The molecule has 0 saturated heterocycles. The Morgan fingerprint density at radius 3 is 2.56 bits per heavy atom. The minimum atomic E-state index is -1.51. The lowest BCUT2D eigenvalue weighted by atomic mass is 10.0. The number of halogens is 4. The van der Waals surface area contributed by atoms with Crippen molar-refractivity contribution in [3.8, 4) is 11.4 Å². The average Bonchev–Trinajstić information content (AvgIpc) is 3.46. The number of nitrogens with zero attached hydrogens (tertiary/aromatic N) is 3. The number of rotatable bonds is 6. The van der Waals surface area contributed by atoms with Gasteiger partial charge in [-0.3, -0.25) is 19.5 Å². The van der Waals surface area contributed by atoms with E-state index in [1.54, 1.807) is 24.4 Å². The van der Waals surface area contributed by atoms with Gasteiger partial charge in [0, 0.05) is 35.6 Å². The van der Waals surface area contributed by atoms with Gasteiger partial charge in [-0.15, -0.1) is 0 Å². The third-order valence-corrected chi connectivity index (χ3v) is 6.86. The first-order valence-electron chi connectivity index (χ1n) is 12.4. The highest BCUT2D eigenvalue weighted by atomic mass is 19.2. The molecule has 1 aliphatic heterocycles. The van der Waals surface area contributed by atoms with Crippen molar-refractivity contribution in [2.24, 2.45) is 0 Å². The SMILES string of the molecule is CC(Cc1c(F)c(F)cc(F)c1F)Nc1cc[nH]c(=O)c1-c1nc2cc3c(cc2[nH]1)C(O)N(c1cccnc1)C3=O. The number of nitrogens with one attached hydrogen (secondary N) is 3. The van der Waals surface area contributed by atoms with Gasteiger partial charge in [0.2, 0.25) is 0 Å². The van der Waals surface area contributed by atoms with Gasteiger partial charge in [-0.1, -0.05) is 0 Å². The molecule has 13 heteroatoms. The summed E-state index contributed by atoms with van der Waals surface area (Å²) in [7, 11) is 0. The van der Waals surface area contributed by atoms with E-state index in [9.17, 15) is 32.3 Å². The molecule has 2 unspecified atom stereocenters. The predicted octanol–water partition coefficient (Wildman–Crippen LogP) is 4.56. The number of carbonyl (C=O) groups is 1. The Kier molecular flexibility index (Phi) is 6.30. The van der Waals surface area contributed by atoms with Crippen molar-refractivity contribution in [2.75, 3.05) is 10.2 Å². The Morgan fingerprint density at radius 1 is 1.10 bits per heavy atom. The van der Waals surface area contributed by atoms with Crippen LogP contribution < -0.4 is 15.8 Å². The maximum atomic E-state index is 14.2. The summed E-state index contributed by atoms with van der Waals surface area (Å²) in [6.07, 6.45) is 2.65. The fourth-order valence-corrected chi connectivity index (χ4v) is 4.98. The Morgan fingerprint density at radius 2 is 1.85 bits per heavy atom. The maximum absolute atomic E-state index is 14.2. The number of aromatic amines is 2. The maximum Gasteiger partial charge on any atom is 0.261 e. The largest absolute Gasteiger partial charge is 0.381 e. The molecular formula is C28H20F4N6O3. The zero-order valence-electron chi connectivity index (χ0n) is 21.2. The quantitative estimate of drug-likeness (QED) is 0.177. The molecule has 4 heterocycles. The molecule has 1 amide bonds. The third kappa shape index (κ3) is 4.39. The van der Waals surface area contributed by atoms with Crippen molar-refractivity contribution < 1.29 is 27.5 Å². The molecule has 41 heavy (non-hydrogen) atoms. The number of carbonyl (C=O) groups excluding carboxylic acids is 1. The van der Waals surface area contributed by atoms with Crippen LogP contribution in [0.4, 0.5) is 28.9 Å². The molecule has 0 aliphatic carbocycles. The van der Waals surface area contributed by atoms with Crippen LogP contribution in [0.25, 0.3) is 22.4 Å². The number of H-pyrrole nitrogens is 2. The smallest absolute Gasteiger partial charge is 0.261 e. The van der Waals surface area contributed by atoms with Gasteiger partial charge in [-0.25, -0.2) is 22.5 Å². The number of pyridine rings is 2. The van der Waals surface area contributed by atoms with Gasteiger partial charge in [0.05, 0.1) is 34.2 Å². The third-order valence-electron chi connectivity index (χ3n) is 6.86. The first kappa shape index (κ1) is 26.2. The molecule has 2 atom stereocenters. The molecule has 0 spiro atoms. The van der Waals surface area contributed by atoms with E-state index in [-0.39, 0.29) is 28.7 Å². The Balaban J connectivity index is 1.33. The van der Waals surface area contributed by atoms with E-state index in [2.05, 4.69) is 25.3 Å². The summed E-state index contributed by atoms with van der Waals surface area (Å²) in [5.41, 5.74) is 0.705. The molecule has 6 rings (SSSR count). The molecule has 4 N–H and O–H groups in total. The van der Waals surface area contributed by atoms with Crippen LogP contribution in [0, 0.1) is 23.3 Å². The van der Waals surface area contributed by atoms with E-state index in [1.807, 2.05) is 0 Å². The van der Waals surface area contributed by atoms with Gasteiger partial charge in [-0.2, -0.15) is 0 Å². The summed E-state index contributed by atoms with van der Waals surface area (Å²) in [5, 5.41) is 13.9. The highest BCUT2D eigenvalue weighted by molar-refractivity contribution is 6.12. The van der Waals surface area contributed by atoms with Crippen molar-refractivity contribution in [1.82, 2.24) is 19.9 Å². The summed E-state index contributed by atoms with van der Waals surface area (Å²) < 4.78 is 55.8. The predicted molar refractivity (Wildman–Crippen MR) is 141 cm³/mol. The van der Waals surface area contributed by atoms with E-state index in [1.165, 1.54) is 36.4 Å². The summed E-state index contributed by atoms with van der Waals surface area (Å²) in [5.74, 6) is -6.34. The molecule has 5 aromatic rings. The van der Waals surface area contributed by atoms with Gasteiger partial charge >= 0.3 is 0 Å². The summed E-state index contributed by atoms with van der Waals surface area (Å²) >= 11 is 0. The van der Waals surface area contributed by atoms with Crippen LogP contribution in [0.5, 0.6) is 0 Å². The zero-order valence-corrected chi connectivity index (χ0v) is 21.2. The zero-order chi connectivity index (χ0) is 29.0. The molecule has 9 nitrogen and oxygen atoms in total. The molecular weight excluding hydrogens is 544 g/mol. The van der Waals surface area contributed by atoms with E-state index in [4.69, 9.17) is 0 Å². The van der Waals surface area contributed by atoms with Crippen molar-refractivity contribution in [2.45, 2.75) is 25.6 Å². The van der Waals surface area contributed by atoms with E-state index in [0.717, 1.165) is 0 Å². The average molecular weight is 564 g/mol. The highest BCUT2D eigenvalue weighted by Gasteiger charge is 2.37. The summed E-state index contributed by atoms with van der Waals surface area (Å²) in [6.45, 7) is 1.52. The van der Waals surface area contributed by atoms with Gasteiger partial charge in [0.15, 0.2) is 29.5 Å². The number of fused-ring (bicyclic) bond motifs is 2. The number of imidazole rings is 1. The Labute approximate surface area is 228 Å². The Bertz CT molecular complexity index is 1870. The number of hydrogen-bond donors (Lipinski definition) is 4. The van der Waals surface area contributed by atoms with E-state index < -0.39 is 59.0 Å². The van der Waals surface area contributed by atoms with Crippen LogP contribution >= 0.6 is 0 Å². The normalized spacial score (nSPS) is 15.4. The summed E-state index contributed by atoms with van der Waals surface area (Å²) in [6, 6.07) is 7.22. The number of hydrogen-bond acceptors (Lipinski definition) is 6. The van der Waals surface area contributed by atoms with Crippen LogP contribution in [-0.2, 0) is 6.42 Å². The molecule has 3 aromatic heterocycles. The molecule has 208 valence electrons. The standard InChI is InChI=1S/C28H20F4N6O3/c1-12(7-16-23(31)17(29)10-18(30)24(16)32)35-19-4-6-34-26(39)22(19)25-36-20-8-14-15(9-21(20)37-25)28(41)38(27(14)40)13-3-2-5-33-11-13/h2-6,8-12,27,40H,7H2,1H3,(H,36,37)(H2,34,35,39). The van der Waals surface area contributed by atoms with Gasteiger partial charge in [-0.05, 0) is 43.7 Å². The number of aliphatic hydroxyl groups is 1. The van der Waals surface area contributed by atoms with Gasteiger partial charge < -0.3 is 20.4 Å². The molecule has 2 aromatic carbocycles. The minimum absolute atomic E-state index is 0.0472. The van der Waals surface area contributed by atoms with Gasteiger partial charge in [0.1, 0.15) is 11.4 Å². The van der Waals surface area contributed by atoms with Crippen molar-refractivity contribution in [3.05, 3.63) is 105 Å². The van der Waals surface area contributed by atoms with E-state index >= 15 is 0 Å². The van der Waals surface area contributed by atoms with Crippen molar-refractivity contribution in [1.29, 1.82) is 0 Å². The second-order valence-electron chi connectivity index (χ2n) is 9.59. The summed E-state index contributed by atoms with van der Waals surface area (Å²) in [4.78, 5) is 41.3. The molecule has 0 radical (unpaired) electrons. The van der Waals surface area contributed by atoms with Crippen LogP contribution in [0.1, 0.15) is 34.6 Å². The van der Waals surface area contributed by atoms with Crippen LogP contribution in [0.2, 0.25) is 0 Å². The first-order chi connectivity index (χ1) is 19.6. The lowest BCUT2D eigenvalue weighted by molar-refractivity contribution is 0.0935. The van der Waals surface area contributed by atoms with E-state index in [0.29, 0.717) is 22.3 Å². The first-order valence-corrected chi connectivity index (χ1v) is 12.4. The van der Waals surface area contributed by atoms with Crippen molar-refractivity contribution in [3.63, 3.8) is 0 Å². The number of aliphatic hydroxyl groups excluding tert-OH is 1. The highest BCUT2D eigenvalue weighted by Crippen LogP contribution is 2.38. The molecule has 0 fully saturated rings. The lowest BCUT2D eigenvalue weighted by Crippen LogP contribution is -2.27.